The Morgan fingerprint density at radius 3 is 3.08 bits per heavy atom. The summed E-state index contributed by atoms with van der Waals surface area (Å²) in [6, 6.07) is 3.47. The smallest absolute Gasteiger partial charge is 0.236 e. The molecule has 70 valence electrons. The molecule has 1 aromatic rings. The quantitative estimate of drug-likeness (QED) is 0.679. The molecule has 0 aliphatic carbocycles. The number of hydrogen-bond acceptors (Lipinski definition) is 2. The molecule has 0 unspecified atom stereocenters. The molecule has 1 N–H and O–H groups in total. The Hall–Kier alpha value is -1.45. The van der Waals surface area contributed by atoms with Crippen LogP contribution in [0.4, 0.5) is 4.79 Å². The van der Waals surface area contributed by atoms with Crippen LogP contribution in [0.1, 0.15) is 19.0 Å². The van der Waals surface area contributed by atoms with E-state index < -0.39 is 0 Å². The number of amides is 1. The fourth-order valence-corrected chi connectivity index (χ4v) is 0.926. The first kappa shape index (κ1) is 9.64. The summed E-state index contributed by atoms with van der Waals surface area (Å²) in [4.78, 5) is 11.3. The van der Waals surface area contributed by atoms with Crippen molar-refractivity contribution in [1.82, 2.24) is 10.4 Å². The van der Waals surface area contributed by atoms with Gasteiger partial charge in [-0.25, -0.2) is 5.32 Å². The van der Waals surface area contributed by atoms with E-state index in [0.29, 0.717) is 6.54 Å². The number of nitrogens with one attached hydrogen (secondary N) is 1. The van der Waals surface area contributed by atoms with Gasteiger partial charge in [0, 0.05) is 0 Å². The second kappa shape index (κ2) is 4.54. The summed E-state index contributed by atoms with van der Waals surface area (Å²) in [5, 5.41) is 6.77. The third-order valence-corrected chi connectivity index (χ3v) is 1.56. The molecule has 0 aromatic carbocycles. The fraction of sp³-hybridized carbons (Fsp3) is 0.444. The van der Waals surface area contributed by atoms with E-state index in [1.54, 1.807) is 12.3 Å². The minimum absolute atomic E-state index is 0.175. The van der Waals surface area contributed by atoms with E-state index in [1.807, 2.05) is 19.9 Å². The lowest BCUT2D eigenvalue weighted by Gasteiger charge is -1.96. The van der Waals surface area contributed by atoms with Crippen molar-refractivity contribution < 1.29 is 9.48 Å². The summed E-state index contributed by atoms with van der Waals surface area (Å²) in [5.74, 6) is 0. The van der Waals surface area contributed by atoms with Gasteiger partial charge in [-0.2, -0.15) is 4.79 Å². The Bertz CT molecular complexity index is 299. The highest BCUT2D eigenvalue weighted by atomic mass is 16.2. The lowest BCUT2D eigenvalue weighted by atomic mass is 10.4. The van der Waals surface area contributed by atoms with Crippen LogP contribution < -0.4 is 10.00 Å². The number of carbonyl (C=O) groups is 1. The van der Waals surface area contributed by atoms with E-state index in [-0.39, 0.29) is 6.03 Å². The van der Waals surface area contributed by atoms with Gasteiger partial charge in [0.25, 0.3) is 0 Å². The molecule has 0 saturated heterocycles. The van der Waals surface area contributed by atoms with Crippen LogP contribution in [0, 0.1) is 6.92 Å². The van der Waals surface area contributed by atoms with Crippen molar-refractivity contribution in [3.05, 3.63) is 24.0 Å². The largest absolute Gasteiger partial charge is 0.516 e. The molecule has 0 bridgehead atoms. The van der Waals surface area contributed by atoms with Crippen molar-refractivity contribution in [2.45, 2.75) is 20.3 Å². The number of aryl methyl sites for hydroxylation is 1. The molecule has 13 heavy (non-hydrogen) atoms. The molecular weight excluding hydrogens is 166 g/mol. The fourth-order valence-electron chi connectivity index (χ4n) is 0.926. The maximum Gasteiger partial charge on any atom is 0.516 e. The monoisotopic (exact) mass is 180 g/mol. The van der Waals surface area contributed by atoms with Gasteiger partial charge in [0.1, 0.15) is 6.20 Å². The zero-order chi connectivity index (χ0) is 9.68. The van der Waals surface area contributed by atoms with E-state index in [4.69, 9.17) is 0 Å². The Labute approximate surface area is 77.6 Å². The van der Waals surface area contributed by atoms with Crippen LogP contribution in [0.3, 0.4) is 0 Å². The maximum absolute atomic E-state index is 11.3. The molecule has 0 saturated carbocycles. The first-order valence-corrected chi connectivity index (χ1v) is 4.38. The highest BCUT2D eigenvalue weighted by Crippen LogP contribution is 1.83. The van der Waals surface area contributed by atoms with Gasteiger partial charge in [0.2, 0.25) is 0 Å². The molecule has 0 atom stereocenters. The number of carbonyl (C=O) groups excluding carboxylic acids is 1. The van der Waals surface area contributed by atoms with Gasteiger partial charge in [0.15, 0.2) is 0 Å². The lowest BCUT2D eigenvalue weighted by molar-refractivity contribution is -0.637. The maximum atomic E-state index is 11.3. The van der Waals surface area contributed by atoms with Gasteiger partial charge in [-0.05, 0) is 25.5 Å². The molecule has 1 rings (SSSR count). The van der Waals surface area contributed by atoms with Crippen LogP contribution in [-0.4, -0.2) is 17.7 Å². The summed E-state index contributed by atoms with van der Waals surface area (Å²) >= 11 is 0. The molecule has 4 nitrogen and oxygen atoms in total. The zero-order valence-corrected chi connectivity index (χ0v) is 7.95. The van der Waals surface area contributed by atoms with Crippen LogP contribution in [0.25, 0.3) is 0 Å². The molecule has 1 heterocycles. The summed E-state index contributed by atoms with van der Waals surface area (Å²) in [6.07, 6.45) is 2.57. The van der Waals surface area contributed by atoms with Crippen molar-refractivity contribution in [1.29, 1.82) is 0 Å². The first-order valence-electron chi connectivity index (χ1n) is 4.38. The number of hydrogen-bond donors (Lipinski definition) is 1. The second-order valence-electron chi connectivity index (χ2n) is 2.83. The number of rotatable bonds is 2. The molecule has 0 fully saturated rings. The summed E-state index contributed by atoms with van der Waals surface area (Å²) in [7, 11) is 0. The van der Waals surface area contributed by atoms with Gasteiger partial charge in [-0.15, -0.1) is 0 Å². The minimum atomic E-state index is -0.175. The van der Waals surface area contributed by atoms with Crippen molar-refractivity contribution in [3.63, 3.8) is 0 Å². The Morgan fingerprint density at radius 1 is 1.69 bits per heavy atom. The Balaban J connectivity index is 2.66. The van der Waals surface area contributed by atoms with Crippen molar-refractivity contribution in [2.75, 3.05) is 6.54 Å². The van der Waals surface area contributed by atoms with Gasteiger partial charge in [-0.1, -0.05) is 16.7 Å². The molecule has 0 spiro atoms. The first-order chi connectivity index (χ1) is 6.24. The molecule has 4 heteroatoms. The zero-order valence-electron chi connectivity index (χ0n) is 7.95. The average Bonchev–Trinajstić information content (AvgIpc) is 2.14. The van der Waals surface area contributed by atoms with Crippen molar-refractivity contribution in [2.24, 2.45) is 0 Å². The standard InChI is InChI=1S/C9H13N3O/c1-3-6-10-9(13)12-7-4-5-8(2)11-12/h4-5,7H,3,6H2,1-2H3/p+1. The van der Waals surface area contributed by atoms with E-state index in [2.05, 4.69) is 10.4 Å². The summed E-state index contributed by atoms with van der Waals surface area (Å²) < 4.78 is 1.31. The van der Waals surface area contributed by atoms with Gasteiger partial charge < -0.3 is 0 Å². The van der Waals surface area contributed by atoms with Crippen molar-refractivity contribution in [3.8, 4) is 0 Å². The topological polar surface area (TPSA) is 45.9 Å². The van der Waals surface area contributed by atoms with E-state index in [1.165, 1.54) is 4.68 Å². The van der Waals surface area contributed by atoms with Crippen LogP contribution in [0.2, 0.25) is 0 Å². The molecule has 1 amide bonds. The predicted octanol–water partition coefficient (Wildman–Crippen LogP) is 0.645. The van der Waals surface area contributed by atoms with Gasteiger partial charge >= 0.3 is 6.03 Å². The summed E-state index contributed by atoms with van der Waals surface area (Å²) in [5.41, 5.74) is 0.828. The summed E-state index contributed by atoms with van der Waals surface area (Å²) in [6.45, 7) is 4.54. The van der Waals surface area contributed by atoms with Crippen LogP contribution in [0.15, 0.2) is 18.3 Å². The molecule has 1 aromatic heterocycles. The number of aromatic nitrogens is 2. The molecule has 0 aliphatic rings. The minimum Gasteiger partial charge on any atom is -0.236 e. The normalized spacial score (nSPS) is 9.69. The SMILES string of the molecule is CCCNC(=O)[n+]1cccc(C)n1. The number of nitrogens with zero attached hydrogens (tertiary/aromatic N) is 2. The average molecular weight is 180 g/mol. The Kier molecular flexibility index (Phi) is 3.37. The lowest BCUT2D eigenvalue weighted by Crippen LogP contribution is -2.53. The van der Waals surface area contributed by atoms with E-state index in [9.17, 15) is 4.79 Å². The molecular formula is C9H14N3O+. The van der Waals surface area contributed by atoms with Gasteiger partial charge in [0.05, 0.1) is 12.2 Å². The van der Waals surface area contributed by atoms with Crippen molar-refractivity contribution >= 4 is 6.03 Å². The third kappa shape index (κ3) is 2.82. The molecule has 0 radical (unpaired) electrons. The predicted molar refractivity (Wildman–Crippen MR) is 48.3 cm³/mol. The van der Waals surface area contributed by atoms with Crippen LogP contribution >= 0.6 is 0 Å². The molecule has 0 aliphatic heterocycles. The van der Waals surface area contributed by atoms with Crippen LogP contribution in [0.5, 0.6) is 0 Å². The Morgan fingerprint density at radius 2 is 2.46 bits per heavy atom. The highest BCUT2D eigenvalue weighted by Gasteiger charge is 2.12. The third-order valence-electron chi connectivity index (χ3n) is 1.56. The van der Waals surface area contributed by atoms with Crippen LogP contribution in [-0.2, 0) is 0 Å². The second-order valence-corrected chi connectivity index (χ2v) is 2.83. The van der Waals surface area contributed by atoms with Gasteiger partial charge in [-0.3, -0.25) is 0 Å². The van der Waals surface area contributed by atoms with E-state index >= 15 is 0 Å². The van der Waals surface area contributed by atoms with E-state index in [0.717, 1.165) is 12.1 Å². The highest BCUT2D eigenvalue weighted by molar-refractivity contribution is 5.63.